The van der Waals surface area contributed by atoms with Crippen molar-refractivity contribution in [1.82, 2.24) is 0 Å². The minimum atomic E-state index is 0.00739. The molecule has 2 rings (SSSR count). The lowest BCUT2D eigenvalue weighted by Crippen LogP contribution is -2.28. The van der Waals surface area contributed by atoms with Crippen LogP contribution in [-0.2, 0) is 4.79 Å². The first kappa shape index (κ1) is 14.7. The predicted molar refractivity (Wildman–Crippen MR) is 80.9 cm³/mol. The van der Waals surface area contributed by atoms with Gasteiger partial charge in [-0.15, -0.1) is 11.8 Å². The second-order valence-corrected chi connectivity index (χ2v) is 6.54. The van der Waals surface area contributed by atoms with Gasteiger partial charge >= 0.3 is 0 Å². The number of nitrogens with zero attached hydrogens (tertiary/aromatic N) is 1. The van der Waals surface area contributed by atoms with E-state index in [4.69, 9.17) is 16.7 Å². The molecule has 19 heavy (non-hydrogen) atoms. The molecular weight excluding hydrogens is 282 g/mol. The number of carbonyl (C=O) groups excluding carboxylic acids is 1. The van der Waals surface area contributed by atoms with Crippen molar-refractivity contribution in [3.05, 3.63) is 29.3 Å². The van der Waals surface area contributed by atoms with Crippen LogP contribution < -0.4 is 4.90 Å². The first-order valence-corrected chi connectivity index (χ1v) is 7.84. The Balaban J connectivity index is 1.98. The summed E-state index contributed by atoms with van der Waals surface area (Å²) in [4.78, 5) is 14.1. The SMILES string of the molecule is CC(CO)CSC1CCN(c2cccc(Cl)c2)C1=O. The van der Waals surface area contributed by atoms with Gasteiger partial charge in [-0.05, 0) is 36.3 Å². The van der Waals surface area contributed by atoms with E-state index in [0.717, 1.165) is 24.4 Å². The van der Waals surface area contributed by atoms with E-state index in [1.165, 1.54) is 0 Å². The fourth-order valence-electron chi connectivity index (χ4n) is 2.04. The molecule has 0 spiro atoms. The van der Waals surface area contributed by atoms with E-state index in [-0.39, 0.29) is 23.7 Å². The van der Waals surface area contributed by atoms with E-state index in [2.05, 4.69) is 0 Å². The molecule has 1 heterocycles. The highest BCUT2D eigenvalue weighted by atomic mass is 35.5. The minimum Gasteiger partial charge on any atom is -0.396 e. The van der Waals surface area contributed by atoms with Gasteiger partial charge in [0.1, 0.15) is 0 Å². The zero-order valence-corrected chi connectivity index (χ0v) is 12.5. The molecule has 0 saturated carbocycles. The van der Waals surface area contributed by atoms with Gasteiger partial charge in [0.25, 0.3) is 0 Å². The fraction of sp³-hybridized carbons (Fsp3) is 0.500. The number of hydrogen-bond acceptors (Lipinski definition) is 3. The van der Waals surface area contributed by atoms with Gasteiger partial charge in [0, 0.05) is 23.9 Å². The van der Waals surface area contributed by atoms with E-state index >= 15 is 0 Å². The number of benzene rings is 1. The quantitative estimate of drug-likeness (QED) is 0.909. The van der Waals surface area contributed by atoms with Crippen molar-refractivity contribution in [2.24, 2.45) is 5.92 Å². The summed E-state index contributed by atoms with van der Waals surface area (Å²) >= 11 is 7.60. The molecule has 1 saturated heterocycles. The Bertz CT molecular complexity index is 455. The van der Waals surface area contributed by atoms with Crippen molar-refractivity contribution < 1.29 is 9.90 Å². The summed E-state index contributed by atoms with van der Waals surface area (Å²) in [5.74, 6) is 1.20. The number of rotatable bonds is 5. The largest absolute Gasteiger partial charge is 0.396 e. The van der Waals surface area contributed by atoms with E-state index < -0.39 is 0 Å². The van der Waals surface area contributed by atoms with E-state index in [1.54, 1.807) is 22.7 Å². The lowest BCUT2D eigenvalue weighted by atomic mass is 10.2. The third-order valence-corrected chi connectivity index (χ3v) is 5.01. The summed E-state index contributed by atoms with van der Waals surface area (Å²) in [5.41, 5.74) is 0.871. The smallest absolute Gasteiger partial charge is 0.240 e. The molecule has 1 aromatic rings. The van der Waals surface area contributed by atoms with Gasteiger partial charge in [0.15, 0.2) is 0 Å². The Morgan fingerprint density at radius 2 is 2.37 bits per heavy atom. The molecule has 0 aromatic heterocycles. The van der Waals surface area contributed by atoms with Crippen LogP contribution in [0, 0.1) is 5.92 Å². The number of anilines is 1. The van der Waals surface area contributed by atoms with Gasteiger partial charge in [-0.25, -0.2) is 0 Å². The van der Waals surface area contributed by atoms with Crippen LogP contribution in [0.2, 0.25) is 5.02 Å². The Morgan fingerprint density at radius 3 is 3.05 bits per heavy atom. The Hall–Kier alpha value is -0.710. The fourth-order valence-corrected chi connectivity index (χ4v) is 3.43. The summed E-state index contributed by atoms with van der Waals surface area (Å²) in [6.07, 6.45) is 0.855. The van der Waals surface area contributed by atoms with Gasteiger partial charge in [-0.2, -0.15) is 0 Å². The summed E-state index contributed by atoms with van der Waals surface area (Å²) in [7, 11) is 0. The molecule has 1 fully saturated rings. The summed E-state index contributed by atoms with van der Waals surface area (Å²) in [6, 6.07) is 7.40. The first-order chi connectivity index (χ1) is 9.11. The highest BCUT2D eigenvalue weighted by Crippen LogP contribution is 2.30. The van der Waals surface area contributed by atoms with Crippen molar-refractivity contribution in [3.63, 3.8) is 0 Å². The number of carbonyl (C=O) groups is 1. The van der Waals surface area contributed by atoms with Crippen LogP contribution >= 0.6 is 23.4 Å². The van der Waals surface area contributed by atoms with Gasteiger partial charge in [0.05, 0.1) is 5.25 Å². The number of amides is 1. The molecule has 2 unspecified atom stereocenters. The highest BCUT2D eigenvalue weighted by Gasteiger charge is 2.32. The van der Waals surface area contributed by atoms with Crippen molar-refractivity contribution in [3.8, 4) is 0 Å². The average molecular weight is 300 g/mol. The van der Waals surface area contributed by atoms with E-state index in [0.29, 0.717) is 5.02 Å². The first-order valence-electron chi connectivity index (χ1n) is 6.41. The molecule has 1 aliphatic heterocycles. The number of aliphatic hydroxyl groups excluding tert-OH is 1. The van der Waals surface area contributed by atoms with Crippen LogP contribution in [-0.4, -0.2) is 35.2 Å². The van der Waals surface area contributed by atoms with Crippen molar-refractivity contribution in [1.29, 1.82) is 0 Å². The number of hydrogen-bond donors (Lipinski definition) is 1. The normalized spacial score (nSPS) is 20.9. The van der Waals surface area contributed by atoms with Crippen molar-refractivity contribution >= 4 is 35.0 Å². The second kappa shape index (κ2) is 6.64. The average Bonchev–Trinajstić information content (AvgIpc) is 2.77. The lowest BCUT2D eigenvalue weighted by Gasteiger charge is -2.17. The Labute approximate surface area is 122 Å². The van der Waals surface area contributed by atoms with Crippen LogP contribution in [0.1, 0.15) is 13.3 Å². The lowest BCUT2D eigenvalue weighted by molar-refractivity contribution is -0.116. The van der Waals surface area contributed by atoms with Gasteiger partial charge < -0.3 is 10.0 Å². The molecule has 0 bridgehead atoms. The van der Waals surface area contributed by atoms with Crippen LogP contribution in [0.25, 0.3) is 0 Å². The Kier molecular flexibility index (Phi) is 5.13. The molecule has 0 aliphatic carbocycles. The maximum atomic E-state index is 12.3. The number of thioether (sulfide) groups is 1. The van der Waals surface area contributed by atoms with Crippen LogP contribution in [0.3, 0.4) is 0 Å². The molecule has 1 amide bonds. The molecule has 2 atom stereocenters. The van der Waals surface area contributed by atoms with Gasteiger partial charge in [-0.1, -0.05) is 24.6 Å². The molecule has 1 N–H and O–H groups in total. The molecular formula is C14H18ClNO2S. The zero-order chi connectivity index (χ0) is 13.8. The summed E-state index contributed by atoms with van der Waals surface area (Å²) in [5, 5.41) is 9.67. The molecule has 3 nitrogen and oxygen atoms in total. The molecule has 0 radical (unpaired) electrons. The van der Waals surface area contributed by atoms with Gasteiger partial charge in [0.2, 0.25) is 5.91 Å². The van der Waals surface area contributed by atoms with Crippen LogP contribution in [0.4, 0.5) is 5.69 Å². The summed E-state index contributed by atoms with van der Waals surface area (Å²) in [6.45, 7) is 2.90. The second-order valence-electron chi connectivity index (χ2n) is 4.87. The molecule has 5 heteroatoms. The van der Waals surface area contributed by atoms with Crippen molar-refractivity contribution in [2.75, 3.05) is 23.8 Å². The van der Waals surface area contributed by atoms with Crippen LogP contribution in [0.5, 0.6) is 0 Å². The number of halogens is 1. The molecule has 1 aromatic carbocycles. The summed E-state index contributed by atoms with van der Waals surface area (Å²) < 4.78 is 0. The van der Waals surface area contributed by atoms with E-state index in [1.807, 2.05) is 25.1 Å². The maximum Gasteiger partial charge on any atom is 0.240 e. The predicted octanol–water partition coefficient (Wildman–Crippen LogP) is 2.81. The maximum absolute atomic E-state index is 12.3. The number of aliphatic hydroxyl groups is 1. The third kappa shape index (κ3) is 3.65. The third-order valence-electron chi connectivity index (χ3n) is 3.17. The molecule has 1 aliphatic rings. The van der Waals surface area contributed by atoms with Gasteiger partial charge in [-0.3, -0.25) is 4.79 Å². The minimum absolute atomic E-state index is 0.00739. The topological polar surface area (TPSA) is 40.5 Å². The molecule has 104 valence electrons. The zero-order valence-electron chi connectivity index (χ0n) is 10.9. The monoisotopic (exact) mass is 299 g/mol. The van der Waals surface area contributed by atoms with Crippen molar-refractivity contribution in [2.45, 2.75) is 18.6 Å². The Morgan fingerprint density at radius 1 is 1.58 bits per heavy atom. The van der Waals surface area contributed by atoms with E-state index in [9.17, 15) is 4.79 Å². The standard InChI is InChI=1S/C14H18ClNO2S/c1-10(8-17)9-19-13-5-6-16(14(13)18)12-4-2-3-11(15)7-12/h2-4,7,10,13,17H,5-6,8-9H2,1H3. The van der Waals surface area contributed by atoms with Crippen LogP contribution in [0.15, 0.2) is 24.3 Å². The highest BCUT2D eigenvalue weighted by molar-refractivity contribution is 8.00.